The van der Waals surface area contributed by atoms with E-state index in [0.29, 0.717) is 26.2 Å². The molecule has 2 N–H and O–H groups in total. The maximum Gasteiger partial charge on any atom is 0.387 e. The summed E-state index contributed by atoms with van der Waals surface area (Å²) in [6, 6.07) is 12.4. The van der Waals surface area contributed by atoms with Gasteiger partial charge in [-0.1, -0.05) is 12.1 Å². The van der Waals surface area contributed by atoms with Crippen molar-refractivity contribution in [3.05, 3.63) is 58.6 Å². The van der Waals surface area contributed by atoms with Gasteiger partial charge in [-0.3, -0.25) is 14.9 Å². The number of alkyl halides is 2. The Balaban J connectivity index is 1.50. The zero-order valence-corrected chi connectivity index (χ0v) is 15.5. The summed E-state index contributed by atoms with van der Waals surface area (Å²) in [7, 11) is 0. The number of carbonyl (C=O) groups excluding carboxylic acids is 1. The van der Waals surface area contributed by atoms with Crippen LogP contribution in [0.3, 0.4) is 0 Å². The highest BCUT2D eigenvalue weighted by Gasteiger charge is 2.23. The van der Waals surface area contributed by atoms with Gasteiger partial charge in [0, 0.05) is 17.8 Å². The number of nitro groups is 1. The minimum absolute atomic E-state index is 0.0470. The van der Waals surface area contributed by atoms with Gasteiger partial charge < -0.3 is 19.9 Å². The van der Waals surface area contributed by atoms with Crippen LogP contribution in [0.15, 0.2) is 48.5 Å². The molecule has 10 heteroatoms. The van der Waals surface area contributed by atoms with Gasteiger partial charge in [0.15, 0.2) is 6.54 Å². The first-order chi connectivity index (χ1) is 13.9. The molecule has 0 atom stereocenters. The zero-order valence-electron chi connectivity index (χ0n) is 15.5. The maximum atomic E-state index is 12.5. The molecule has 0 saturated carbocycles. The van der Waals surface area contributed by atoms with Gasteiger partial charge in [-0.2, -0.15) is 8.78 Å². The molecule has 8 nitrogen and oxygen atoms in total. The second-order valence-electron chi connectivity index (χ2n) is 6.61. The number of nitrogens with zero attached hydrogens (tertiary/aromatic N) is 2. The van der Waals surface area contributed by atoms with E-state index in [4.69, 9.17) is 0 Å². The number of para-hydroxylation sites is 2. The van der Waals surface area contributed by atoms with Crippen molar-refractivity contribution in [3.8, 4) is 5.75 Å². The van der Waals surface area contributed by atoms with E-state index in [1.807, 2.05) is 0 Å². The predicted octanol–water partition coefficient (Wildman–Crippen LogP) is 1.54. The molecule has 0 radical (unpaired) electrons. The second-order valence-corrected chi connectivity index (χ2v) is 6.61. The second kappa shape index (κ2) is 9.28. The number of benzene rings is 2. The fraction of sp³-hybridized carbons (Fsp3) is 0.316. The fourth-order valence-corrected chi connectivity index (χ4v) is 3.23. The number of hydrogen-bond donors (Lipinski definition) is 2. The Labute approximate surface area is 165 Å². The molecule has 1 saturated heterocycles. The van der Waals surface area contributed by atoms with E-state index in [-0.39, 0.29) is 29.6 Å². The van der Waals surface area contributed by atoms with Crippen molar-refractivity contribution in [3.63, 3.8) is 0 Å². The van der Waals surface area contributed by atoms with Crippen LogP contribution in [0.4, 0.5) is 25.8 Å². The molecule has 3 rings (SSSR count). The zero-order chi connectivity index (χ0) is 20.8. The molecule has 1 amide bonds. The van der Waals surface area contributed by atoms with Crippen LogP contribution in [0, 0.1) is 10.1 Å². The molecule has 0 aliphatic carbocycles. The number of nitrogens with one attached hydrogen (secondary N) is 2. The molecule has 29 heavy (non-hydrogen) atoms. The molecule has 0 spiro atoms. The summed E-state index contributed by atoms with van der Waals surface area (Å²) < 4.78 is 29.4. The quantitative estimate of drug-likeness (QED) is 0.537. The number of anilines is 2. The third-order valence-electron chi connectivity index (χ3n) is 4.68. The van der Waals surface area contributed by atoms with Gasteiger partial charge in [-0.05, 0) is 24.3 Å². The lowest BCUT2D eigenvalue weighted by atomic mass is 10.2. The van der Waals surface area contributed by atoms with E-state index in [1.165, 1.54) is 24.3 Å². The Morgan fingerprint density at radius 2 is 1.83 bits per heavy atom. The summed E-state index contributed by atoms with van der Waals surface area (Å²) >= 11 is 0. The van der Waals surface area contributed by atoms with Gasteiger partial charge in [-0.15, -0.1) is 0 Å². The van der Waals surface area contributed by atoms with Crippen molar-refractivity contribution in [2.45, 2.75) is 6.61 Å². The molecule has 0 bridgehead atoms. The lowest BCUT2D eigenvalue weighted by molar-refractivity contribution is -0.892. The molecule has 1 fully saturated rings. The number of halogens is 2. The Morgan fingerprint density at radius 1 is 1.17 bits per heavy atom. The van der Waals surface area contributed by atoms with Crippen LogP contribution in [0.5, 0.6) is 5.75 Å². The summed E-state index contributed by atoms with van der Waals surface area (Å²) in [5.41, 5.74) is 1.16. The number of amides is 1. The lowest BCUT2D eigenvalue weighted by Crippen LogP contribution is -3.15. The molecular formula is C19H21F2N4O4+. The third-order valence-corrected chi connectivity index (χ3v) is 4.68. The number of hydrogen-bond acceptors (Lipinski definition) is 5. The van der Waals surface area contributed by atoms with Gasteiger partial charge in [0.2, 0.25) is 0 Å². The smallest absolute Gasteiger partial charge is 0.387 e. The first kappa shape index (κ1) is 20.5. The molecule has 0 aromatic heterocycles. The Morgan fingerprint density at radius 3 is 2.45 bits per heavy atom. The maximum absolute atomic E-state index is 12.5. The summed E-state index contributed by atoms with van der Waals surface area (Å²) in [6.45, 7) is 0.0546. The monoisotopic (exact) mass is 407 g/mol. The van der Waals surface area contributed by atoms with Crippen LogP contribution in [0.25, 0.3) is 0 Å². The number of non-ortho nitro benzene ring substituents is 1. The standard InChI is InChI=1S/C19H20F2N4O4/c20-19(21)29-17-4-2-1-3-16(17)22-18(26)13-23-9-11-24(12-10-23)14-5-7-15(8-6-14)25(27)28/h1-8,19H,9-13H2,(H,22,26)/p+1. The average molecular weight is 407 g/mol. The van der Waals surface area contributed by atoms with E-state index in [0.717, 1.165) is 10.6 Å². The number of rotatable bonds is 7. The Kier molecular flexibility index (Phi) is 6.55. The summed E-state index contributed by atoms with van der Waals surface area (Å²) in [6.07, 6.45) is 0. The minimum atomic E-state index is -2.97. The van der Waals surface area contributed by atoms with Crippen molar-refractivity contribution in [1.29, 1.82) is 0 Å². The molecule has 154 valence electrons. The molecular weight excluding hydrogens is 386 g/mol. The number of ether oxygens (including phenoxy) is 1. The first-order valence-electron chi connectivity index (χ1n) is 9.09. The highest BCUT2D eigenvalue weighted by molar-refractivity contribution is 5.92. The normalized spacial score (nSPS) is 14.7. The number of carbonyl (C=O) groups is 1. The molecule has 0 unspecified atom stereocenters. The van der Waals surface area contributed by atoms with Crippen molar-refractivity contribution >= 4 is 23.0 Å². The average Bonchev–Trinajstić information content (AvgIpc) is 2.70. The highest BCUT2D eigenvalue weighted by Crippen LogP contribution is 2.25. The molecule has 1 aliphatic heterocycles. The van der Waals surface area contributed by atoms with Crippen molar-refractivity contribution < 1.29 is 28.1 Å². The SMILES string of the molecule is O=C(C[NH+]1CCN(c2ccc([N+](=O)[O-])cc2)CC1)Nc1ccccc1OC(F)F. The van der Waals surface area contributed by atoms with Crippen molar-refractivity contribution in [1.82, 2.24) is 0 Å². The van der Waals surface area contributed by atoms with Crippen molar-refractivity contribution in [2.24, 2.45) is 0 Å². The number of piperazine rings is 1. The largest absolute Gasteiger partial charge is 0.433 e. The lowest BCUT2D eigenvalue weighted by Gasteiger charge is -2.33. The van der Waals surface area contributed by atoms with Crippen LogP contribution in [0.2, 0.25) is 0 Å². The van der Waals surface area contributed by atoms with Crippen LogP contribution in [-0.2, 0) is 4.79 Å². The van der Waals surface area contributed by atoms with E-state index >= 15 is 0 Å². The first-order valence-corrected chi connectivity index (χ1v) is 9.09. The van der Waals surface area contributed by atoms with Crippen LogP contribution >= 0.6 is 0 Å². The Bertz CT molecular complexity index is 856. The molecule has 2 aromatic carbocycles. The fourth-order valence-electron chi connectivity index (χ4n) is 3.23. The predicted molar refractivity (Wildman–Crippen MR) is 103 cm³/mol. The summed E-state index contributed by atoms with van der Waals surface area (Å²) in [5, 5.41) is 13.4. The van der Waals surface area contributed by atoms with Gasteiger partial charge in [0.25, 0.3) is 11.6 Å². The summed E-state index contributed by atoms with van der Waals surface area (Å²) in [5.74, 6) is -0.358. The van der Waals surface area contributed by atoms with Crippen LogP contribution in [-0.4, -0.2) is 50.2 Å². The minimum Gasteiger partial charge on any atom is -0.433 e. The van der Waals surface area contributed by atoms with Crippen LogP contribution in [0.1, 0.15) is 0 Å². The van der Waals surface area contributed by atoms with E-state index in [1.54, 1.807) is 24.3 Å². The van der Waals surface area contributed by atoms with E-state index < -0.39 is 11.5 Å². The highest BCUT2D eigenvalue weighted by atomic mass is 19.3. The molecule has 1 heterocycles. The topological polar surface area (TPSA) is 89.2 Å². The van der Waals surface area contributed by atoms with Gasteiger partial charge >= 0.3 is 6.61 Å². The Hall–Kier alpha value is -3.27. The third kappa shape index (κ3) is 5.61. The number of nitro benzene ring substituents is 1. The molecule has 2 aromatic rings. The van der Waals surface area contributed by atoms with Gasteiger partial charge in [0.1, 0.15) is 5.75 Å². The molecule has 1 aliphatic rings. The van der Waals surface area contributed by atoms with E-state index in [9.17, 15) is 23.7 Å². The van der Waals surface area contributed by atoms with Gasteiger partial charge in [-0.25, -0.2) is 0 Å². The van der Waals surface area contributed by atoms with Crippen molar-refractivity contribution in [2.75, 3.05) is 42.9 Å². The van der Waals surface area contributed by atoms with Crippen LogP contribution < -0.4 is 19.9 Å². The number of quaternary nitrogens is 1. The summed E-state index contributed by atoms with van der Waals surface area (Å²) in [4.78, 5) is 25.8. The van der Waals surface area contributed by atoms with Gasteiger partial charge in [0.05, 0.1) is 36.8 Å². The van der Waals surface area contributed by atoms with E-state index in [2.05, 4.69) is 15.0 Å².